The molecule has 0 aliphatic heterocycles. The highest BCUT2D eigenvalue weighted by atomic mass is 35.5. The molecule has 146 valence electrons. The molecule has 0 fully saturated rings. The maximum Gasteiger partial charge on any atom is 0.324 e. The van der Waals surface area contributed by atoms with Crippen LogP contribution in [-0.4, -0.2) is 51.0 Å². The number of benzene rings is 1. The lowest BCUT2D eigenvalue weighted by atomic mass is 10.2. The van der Waals surface area contributed by atoms with Crippen LogP contribution in [0.5, 0.6) is 0 Å². The van der Waals surface area contributed by atoms with Crippen LogP contribution in [0.1, 0.15) is 20.3 Å². The molecule has 7 nitrogen and oxygen atoms in total. The number of thioether (sulfide) groups is 1. The third-order valence-corrected chi connectivity index (χ3v) is 5.71. The molecule has 2 atom stereocenters. The van der Waals surface area contributed by atoms with Crippen molar-refractivity contribution in [1.29, 1.82) is 0 Å². The number of hydrogen-bond acceptors (Lipinski definition) is 6. The van der Waals surface area contributed by atoms with E-state index in [4.69, 9.17) is 16.3 Å². The number of amides is 1. The summed E-state index contributed by atoms with van der Waals surface area (Å²) in [6, 6.07) is 4.49. The molecule has 0 bridgehead atoms. The van der Waals surface area contributed by atoms with E-state index in [0.29, 0.717) is 17.3 Å². The smallest absolute Gasteiger partial charge is 0.324 e. The Morgan fingerprint density at radius 1 is 1.27 bits per heavy atom. The highest BCUT2D eigenvalue weighted by Crippen LogP contribution is 2.15. The van der Waals surface area contributed by atoms with Gasteiger partial charge in [0.15, 0.2) is 6.10 Å². The number of ether oxygens (including phenoxy) is 1. The number of hydrogen-bond donors (Lipinski definition) is 2. The Kier molecular flexibility index (Phi) is 9.42. The van der Waals surface area contributed by atoms with E-state index in [1.165, 1.54) is 43.0 Å². The lowest BCUT2D eigenvalue weighted by molar-refractivity contribution is -0.156. The van der Waals surface area contributed by atoms with Crippen LogP contribution < -0.4 is 10.0 Å². The first-order chi connectivity index (χ1) is 12.2. The average Bonchev–Trinajstić information content (AvgIpc) is 2.58. The van der Waals surface area contributed by atoms with Crippen molar-refractivity contribution in [1.82, 2.24) is 10.0 Å². The number of sulfonamides is 1. The highest BCUT2D eigenvalue weighted by Gasteiger charge is 2.29. The maximum absolute atomic E-state index is 12.5. The van der Waals surface area contributed by atoms with Crippen molar-refractivity contribution in [2.75, 3.05) is 18.6 Å². The van der Waals surface area contributed by atoms with Gasteiger partial charge in [0.2, 0.25) is 10.0 Å². The fourth-order valence-electron chi connectivity index (χ4n) is 1.96. The first-order valence-electron chi connectivity index (χ1n) is 7.96. The van der Waals surface area contributed by atoms with Crippen LogP contribution in [0.15, 0.2) is 29.2 Å². The minimum absolute atomic E-state index is 0.0133. The van der Waals surface area contributed by atoms with E-state index >= 15 is 0 Å². The van der Waals surface area contributed by atoms with Crippen LogP contribution >= 0.6 is 23.4 Å². The predicted octanol–water partition coefficient (Wildman–Crippen LogP) is 1.81. The van der Waals surface area contributed by atoms with Crippen molar-refractivity contribution in [2.24, 2.45) is 0 Å². The molecular weight excluding hydrogens is 400 g/mol. The Labute approximate surface area is 163 Å². The van der Waals surface area contributed by atoms with Crippen LogP contribution in [0.3, 0.4) is 0 Å². The van der Waals surface area contributed by atoms with Gasteiger partial charge < -0.3 is 10.1 Å². The monoisotopic (exact) mass is 422 g/mol. The molecule has 1 aromatic rings. The lowest BCUT2D eigenvalue weighted by Crippen LogP contribution is -2.45. The molecule has 0 spiro atoms. The second-order valence-electron chi connectivity index (χ2n) is 5.38. The van der Waals surface area contributed by atoms with Gasteiger partial charge in [0.05, 0.1) is 4.90 Å². The topological polar surface area (TPSA) is 102 Å². The summed E-state index contributed by atoms with van der Waals surface area (Å²) in [5, 5.41) is 2.94. The highest BCUT2D eigenvalue weighted by molar-refractivity contribution is 7.98. The Morgan fingerprint density at radius 3 is 2.42 bits per heavy atom. The van der Waals surface area contributed by atoms with Crippen molar-refractivity contribution in [3.63, 3.8) is 0 Å². The number of esters is 1. The maximum atomic E-state index is 12.5. The average molecular weight is 423 g/mol. The number of carbonyl (C=O) groups is 2. The van der Waals surface area contributed by atoms with E-state index in [0.717, 1.165) is 0 Å². The summed E-state index contributed by atoms with van der Waals surface area (Å²) in [6.45, 7) is 3.58. The zero-order valence-corrected chi connectivity index (χ0v) is 17.2. The standard InChI is InChI=1S/C16H23ClN2O5S2/c1-4-18-15(20)11(2)24-16(21)14(9-10-25-3)19-26(22,23)13-7-5-12(17)6-8-13/h5-8,11,14,19H,4,9-10H2,1-3H3,(H,18,20)/t11-,14-/m0/s1. The third-order valence-electron chi connectivity index (χ3n) is 3.33. The van der Waals surface area contributed by atoms with Crippen LogP contribution in [0.4, 0.5) is 0 Å². The zero-order chi connectivity index (χ0) is 19.7. The van der Waals surface area contributed by atoms with Crippen molar-refractivity contribution in [2.45, 2.75) is 37.3 Å². The largest absolute Gasteiger partial charge is 0.451 e. The van der Waals surface area contributed by atoms with Crippen LogP contribution in [-0.2, 0) is 24.3 Å². The van der Waals surface area contributed by atoms with Crippen LogP contribution in [0.25, 0.3) is 0 Å². The van der Waals surface area contributed by atoms with Crippen LogP contribution in [0, 0.1) is 0 Å². The van der Waals surface area contributed by atoms with Gasteiger partial charge in [-0.3, -0.25) is 9.59 Å². The Bertz CT molecular complexity index is 710. The number of halogens is 1. The summed E-state index contributed by atoms with van der Waals surface area (Å²) >= 11 is 7.23. The lowest BCUT2D eigenvalue weighted by Gasteiger charge is -2.20. The summed E-state index contributed by atoms with van der Waals surface area (Å²) in [4.78, 5) is 24.1. The van der Waals surface area contributed by atoms with Gasteiger partial charge in [0, 0.05) is 11.6 Å². The Morgan fingerprint density at radius 2 is 1.88 bits per heavy atom. The molecule has 1 aromatic carbocycles. The van der Waals surface area contributed by atoms with E-state index in [-0.39, 0.29) is 11.3 Å². The van der Waals surface area contributed by atoms with E-state index < -0.39 is 34.0 Å². The minimum Gasteiger partial charge on any atom is -0.451 e. The van der Waals surface area contributed by atoms with Gasteiger partial charge in [-0.2, -0.15) is 16.5 Å². The van der Waals surface area contributed by atoms with Crippen molar-refractivity contribution in [3.05, 3.63) is 29.3 Å². The van der Waals surface area contributed by atoms with Crippen molar-refractivity contribution in [3.8, 4) is 0 Å². The molecule has 0 radical (unpaired) electrons. The molecule has 10 heteroatoms. The van der Waals surface area contributed by atoms with Gasteiger partial charge in [-0.25, -0.2) is 8.42 Å². The summed E-state index contributed by atoms with van der Waals surface area (Å²) in [5.41, 5.74) is 0. The Balaban J connectivity index is 2.89. The van der Waals surface area contributed by atoms with E-state index in [1.54, 1.807) is 6.92 Å². The summed E-state index contributed by atoms with van der Waals surface area (Å²) in [6.07, 6.45) is 1.06. The number of rotatable bonds is 10. The molecule has 0 aliphatic carbocycles. The fourth-order valence-corrected chi connectivity index (χ4v) is 3.77. The predicted molar refractivity (Wildman–Crippen MR) is 103 cm³/mol. The quantitative estimate of drug-likeness (QED) is 0.557. The first kappa shape index (κ1) is 22.8. The second-order valence-corrected chi connectivity index (χ2v) is 8.52. The normalized spacial score (nSPS) is 13.7. The molecule has 0 unspecified atom stereocenters. The van der Waals surface area contributed by atoms with E-state index in [2.05, 4.69) is 10.0 Å². The molecule has 0 saturated carbocycles. The summed E-state index contributed by atoms with van der Waals surface area (Å²) in [7, 11) is -3.94. The zero-order valence-electron chi connectivity index (χ0n) is 14.8. The van der Waals surface area contributed by atoms with Gasteiger partial charge in [0.1, 0.15) is 6.04 Å². The van der Waals surface area contributed by atoms with Gasteiger partial charge in [-0.05, 0) is 56.5 Å². The van der Waals surface area contributed by atoms with E-state index in [9.17, 15) is 18.0 Å². The molecule has 1 rings (SSSR count). The third kappa shape index (κ3) is 7.14. The van der Waals surface area contributed by atoms with Crippen LogP contribution in [0.2, 0.25) is 5.02 Å². The minimum atomic E-state index is -3.94. The number of carbonyl (C=O) groups excluding carboxylic acids is 2. The summed E-state index contributed by atoms with van der Waals surface area (Å²) in [5.74, 6) is -0.696. The molecule has 26 heavy (non-hydrogen) atoms. The molecule has 0 aliphatic rings. The Hall–Kier alpha value is -1.29. The summed E-state index contributed by atoms with van der Waals surface area (Å²) < 4.78 is 32.5. The molecule has 2 N–H and O–H groups in total. The van der Waals surface area contributed by atoms with Gasteiger partial charge >= 0.3 is 5.97 Å². The molecule has 1 amide bonds. The van der Waals surface area contributed by atoms with E-state index in [1.807, 2.05) is 6.26 Å². The molecule has 0 saturated heterocycles. The second kappa shape index (κ2) is 10.8. The van der Waals surface area contributed by atoms with Gasteiger partial charge in [-0.1, -0.05) is 11.6 Å². The van der Waals surface area contributed by atoms with Crippen molar-refractivity contribution < 1.29 is 22.7 Å². The fraction of sp³-hybridized carbons (Fsp3) is 0.500. The van der Waals surface area contributed by atoms with Crippen molar-refractivity contribution >= 4 is 45.3 Å². The molecular formula is C16H23ClN2O5S2. The number of likely N-dealkylation sites (N-methyl/N-ethyl adjacent to an activating group) is 1. The SMILES string of the molecule is CCNC(=O)[C@H](C)OC(=O)[C@H](CCSC)NS(=O)(=O)c1ccc(Cl)cc1. The van der Waals surface area contributed by atoms with Gasteiger partial charge in [-0.15, -0.1) is 0 Å². The first-order valence-corrected chi connectivity index (χ1v) is 11.2. The molecule has 0 aromatic heterocycles. The molecule has 0 heterocycles. The van der Waals surface area contributed by atoms with Gasteiger partial charge in [0.25, 0.3) is 5.91 Å². The number of nitrogens with one attached hydrogen (secondary N) is 2.